The van der Waals surface area contributed by atoms with Crippen molar-refractivity contribution in [2.75, 3.05) is 39.3 Å². The molecular weight excluding hydrogens is 495 g/mol. The van der Waals surface area contributed by atoms with Crippen molar-refractivity contribution in [2.24, 2.45) is 16.8 Å². The lowest BCUT2D eigenvalue weighted by Crippen LogP contribution is -2.58. The monoisotopic (exact) mass is 525 g/mol. The van der Waals surface area contributed by atoms with E-state index >= 15 is 0 Å². The molecule has 2 fully saturated rings. The molecule has 0 aromatic heterocycles. The highest BCUT2D eigenvalue weighted by molar-refractivity contribution is 6.22. The Labute approximate surface area is 213 Å². The first kappa shape index (κ1) is 25.3. The van der Waals surface area contributed by atoms with Crippen LogP contribution in [0.2, 0.25) is 0 Å². The number of nitrogens with one attached hydrogen (secondary N) is 1. The molecule has 3 unspecified atom stereocenters. The summed E-state index contributed by atoms with van der Waals surface area (Å²) in [6.07, 6.45) is 9.96. The predicted molar refractivity (Wildman–Crippen MR) is 130 cm³/mol. The van der Waals surface area contributed by atoms with Gasteiger partial charge in [0.05, 0.1) is 49.4 Å². The molecule has 36 heavy (non-hydrogen) atoms. The lowest BCUT2D eigenvalue weighted by atomic mass is 9.81. The van der Waals surface area contributed by atoms with Gasteiger partial charge in [0.2, 0.25) is 11.8 Å². The Hall–Kier alpha value is -2.33. The molecule has 1 N–H and O–H groups in total. The maximum atomic E-state index is 14.2. The Balaban J connectivity index is 1.30. The van der Waals surface area contributed by atoms with E-state index in [1.807, 2.05) is 23.3 Å². The van der Waals surface area contributed by atoms with E-state index in [0.717, 1.165) is 0 Å². The van der Waals surface area contributed by atoms with E-state index in [4.69, 9.17) is 11.6 Å². The van der Waals surface area contributed by atoms with Crippen molar-refractivity contribution in [2.45, 2.75) is 49.1 Å². The Morgan fingerprint density at radius 2 is 2.11 bits per heavy atom. The average Bonchev–Trinajstić information content (AvgIpc) is 3.43. The predicted octanol–water partition coefficient (Wildman–Crippen LogP) is 2.70. The van der Waals surface area contributed by atoms with Gasteiger partial charge in [0, 0.05) is 44.6 Å². The Kier molecular flexibility index (Phi) is 7.18. The zero-order valence-electron chi connectivity index (χ0n) is 20.0. The van der Waals surface area contributed by atoms with Crippen LogP contribution in [0.3, 0.4) is 0 Å². The topological polar surface area (TPSA) is 68.2 Å². The number of aliphatic imine (C=N–C) groups is 1. The third kappa shape index (κ3) is 5.49. The molecule has 2 amide bonds. The van der Waals surface area contributed by atoms with E-state index in [-0.39, 0.29) is 68.0 Å². The van der Waals surface area contributed by atoms with Gasteiger partial charge in [-0.25, -0.2) is 13.2 Å². The molecule has 0 aromatic carbocycles. The molecule has 5 atom stereocenters. The van der Waals surface area contributed by atoms with Gasteiger partial charge >= 0.3 is 0 Å². The normalized spacial score (nSPS) is 33.8. The highest BCUT2D eigenvalue weighted by Crippen LogP contribution is 2.34. The number of nitrogens with zero attached hydrogens (tertiary/aromatic N) is 4. The van der Waals surface area contributed by atoms with Crippen molar-refractivity contribution in [1.29, 1.82) is 0 Å². The van der Waals surface area contributed by atoms with E-state index in [1.165, 1.54) is 11.0 Å². The van der Waals surface area contributed by atoms with Gasteiger partial charge in [0.25, 0.3) is 5.92 Å². The van der Waals surface area contributed by atoms with Gasteiger partial charge in [-0.3, -0.25) is 19.5 Å². The molecule has 0 bridgehead atoms. The van der Waals surface area contributed by atoms with Crippen LogP contribution in [0.15, 0.2) is 40.8 Å². The van der Waals surface area contributed by atoms with Crippen LogP contribution in [-0.2, 0) is 9.59 Å². The SMILES string of the molecule is O=C(CN1CCC(F)(F)C1)N[C@@H]1CN(C(=O)C2CC=CN3C=NCC23)CC[C@H]1C1=CC(Cl)CC(F)=C1. The molecule has 0 aromatic rings. The smallest absolute Gasteiger partial charge is 0.261 e. The van der Waals surface area contributed by atoms with Crippen LogP contribution in [-0.4, -0.2) is 95.5 Å². The number of rotatable bonds is 5. The molecule has 2 saturated heterocycles. The van der Waals surface area contributed by atoms with Crippen LogP contribution in [0.25, 0.3) is 0 Å². The number of likely N-dealkylation sites (tertiary alicyclic amines) is 2. The van der Waals surface area contributed by atoms with Crippen molar-refractivity contribution in [1.82, 2.24) is 20.0 Å². The Morgan fingerprint density at radius 3 is 2.86 bits per heavy atom. The van der Waals surface area contributed by atoms with E-state index in [2.05, 4.69) is 10.3 Å². The summed E-state index contributed by atoms with van der Waals surface area (Å²) in [6.45, 7) is 0.866. The quantitative estimate of drug-likeness (QED) is 0.561. The van der Waals surface area contributed by atoms with Crippen LogP contribution in [0.1, 0.15) is 25.7 Å². The zero-order valence-corrected chi connectivity index (χ0v) is 20.7. The number of hydrogen-bond donors (Lipinski definition) is 1. The summed E-state index contributed by atoms with van der Waals surface area (Å²) in [5.74, 6) is -3.94. The number of piperidine rings is 1. The number of allylic oxidation sites excluding steroid dienone is 4. The van der Waals surface area contributed by atoms with Gasteiger partial charge in [0.15, 0.2) is 0 Å². The van der Waals surface area contributed by atoms with Gasteiger partial charge in [-0.1, -0.05) is 12.2 Å². The van der Waals surface area contributed by atoms with Crippen LogP contribution in [0, 0.1) is 11.8 Å². The number of hydrogen-bond acceptors (Lipinski definition) is 5. The third-order valence-corrected chi connectivity index (χ3v) is 8.02. The van der Waals surface area contributed by atoms with Crippen molar-refractivity contribution in [3.05, 3.63) is 35.8 Å². The summed E-state index contributed by atoms with van der Waals surface area (Å²) < 4.78 is 41.4. The van der Waals surface area contributed by atoms with Crippen LogP contribution in [0.4, 0.5) is 13.2 Å². The fraction of sp³-hybridized carbons (Fsp3) is 0.640. The summed E-state index contributed by atoms with van der Waals surface area (Å²) in [6, 6.07) is -0.495. The third-order valence-electron chi connectivity index (χ3n) is 7.74. The fourth-order valence-corrected chi connectivity index (χ4v) is 6.26. The second-order valence-corrected chi connectivity index (χ2v) is 10.9. The average molecular weight is 526 g/mol. The van der Waals surface area contributed by atoms with Gasteiger partial charge in [-0.2, -0.15) is 0 Å². The summed E-state index contributed by atoms with van der Waals surface area (Å²) in [5, 5.41) is 2.50. The minimum atomic E-state index is -2.78. The maximum Gasteiger partial charge on any atom is 0.261 e. The molecule has 4 heterocycles. The van der Waals surface area contributed by atoms with Gasteiger partial charge in [0.1, 0.15) is 5.83 Å². The van der Waals surface area contributed by atoms with Crippen molar-refractivity contribution in [3.63, 3.8) is 0 Å². The molecule has 4 aliphatic heterocycles. The van der Waals surface area contributed by atoms with E-state index in [1.54, 1.807) is 11.2 Å². The first-order chi connectivity index (χ1) is 17.2. The minimum absolute atomic E-state index is 0.00583. The molecule has 0 spiro atoms. The standard InChI is InChI=1S/C25H31ClF3N5O2/c26-17-8-16(9-18(27)10-17)19-3-6-33(24(36)20-2-1-5-34-15-30-11-22(20)34)12-21(19)31-23(35)13-32-7-4-25(28,29)14-32/h1,5,8-9,15,17,19-22H,2-4,6-7,10-14H2,(H,31,35)/t17?,19-,20?,21+,22?/m0/s1. The largest absolute Gasteiger partial charge is 0.350 e. The number of amides is 2. The van der Waals surface area contributed by atoms with Crippen LogP contribution >= 0.6 is 11.6 Å². The molecule has 5 rings (SSSR count). The lowest BCUT2D eigenvalue weighted by molar-refractivity contribution is -0.139. The number of fused-ring (bicyclic) bond motifs is 1. The molecule has 196 valence electrons. The van der Waals surface area contributed by atoms with Gasteiger partial charge in [-0.15, -0.1) is 11.6 Å². The first-order valence-electron chi connectivity index (χ1n) is 12.5. The molecular formula is C25H31ClF3N5O2. The first-order valence-corrected chi connectivity index (χ1v) is 13.0. The number of alkyl halides is 3. The fourth-order valence-electron chi connectivity index (χ4n) is 5.97. The van der Waals surface area contributed by atoms with Crippen molar-refractivity contribution >= 4 is 29.8 Å². The summed E-state index contributed by atoms with van der Waals surface area (Å²) in [5.41, 5.74) is 0.708. The van der Waals surface area contributed by atoms with E-state index < -0.39 is 23.9 Å². The molecule has 0 saturated carbocycles. The minimum Gasteiger partial charge on any atom is -0.350 e. The van der Waals surface area contributed by atoms with Crippen molar-refractivity contribution in [3.8, 4) is 0 Å². The highest BCUT2D eigenvalue weighted by Gasteiger charge is 2.42. The van der Waals surface area contributed by atoms with E-state index in [9.17, 15) is 22.8 Å². The maximum absolute atomic E-state index is 14.2. The zero-order chi connectivity index (χ0) is 25.4. The number of carbonyl (C=O) groups is 2. The molecule has 5 aliphatic rings. The second-order valence-electron chi connectivity index (χ2n) is 10.4. The van der Waals surface area contributed by atoms with Crippen molar-refractivity contribution < 1.29 is 22.8 Å². The number of halogens is 4. The highest BCUT2D eigenvalue weighted by atomic mass is 35.5. The second kappa shape index (κ2) is 10.2. The summed E-state index contributed by atoms with van der Waals surface area (Å²) in [4.78, 5) is 35.9. The van der Waals surface area contributed by atoms with Crippen LogP contribution < -0.4 is 5.32 Å². The Morgan fingerprint density at radius 1 is 1.28 bits per heavy atom. The molecule has 7 nitrogen and oxygen atoms in total. The number of carbonyl (C=O) groups excluding carboxylic acids is 2. The molecule has 11 heteroatoms. The summed E-state index contributed by atoms with van der Waals surface area (Å²) >= 11 is 6.24. The lowest BCUT2D eigenvalue weighted by Gasteiger charge is -2.43. The van der Waals surface area contributed by atoms with Gasteiger partial charge in [-0.05, 0) is 24.5 Å². The van der Waals surface area contributed by atoms with Gasteiger partial charge < -0.3 is 15.1 Å². The summed E-state index contributed by atoms with van der Waals surface area (Å²) in [7, 11) is 0. The Bertz CT molecular complexity index is 1020. The molecule has 1 aliphatic carbocycles. The molecule has 0 radical (unpaired) electrons. The van der Waals surface area contributed by atoms with Crippen LogP contribution in [0.5, 0.6) is 0 Å². The van der Waals surface area contributed by atoms with E-state index in [0.29, 0.717) is 31.5 Å².